The van der Waals surface area contributed by atoms with Gasteiger partial charge < -0.3 is 0 Å². The molecule has 1 aromatic heterocycles. The maximum Gasteiger partial charge on any atom is 0.437 e. The topological polar surface area (TPSA) is 12.9 Å². The fourth-order valence-electron chi connectivity index (χ4n) is 1.92. The zero-order valence-corrected chi connectivity index (χ0v) is 12.4. The van der Waals surface area contributed by atoms with E-state index in [1.54, 1.807) is 0 Å². The van der Waals surface area contributed by atoms with Crippen molar-refractivity contribution in [1.29, 1.82) is 0 Å². The van der Waals surface area contributed by atoms with E-state index in [-0.39, 0.29) is 0 Å². The molecule has 0 N–H and O–H groups in total. The van der Waals surface area contributed by atoms with Crippen LogP contribution in [0.4, 0.5) is 74.6 Å². The Bertz CT molecular complexity index is 751. The molecule has 0 saturated carbocycles. The molecule has 1 nitrogen and oxygen atoms in total. The number of hydrogen-bond donors (Lipinski definition) is 0. The van der Waals surface area contributed by atoms with Crippen molar-refractivity contribution < 1.29 is 74.6 Å². The van der Waals surface area contributed by atoms with E-state index in [1.165, 1.54) is 4.98 Å². The Labute approximate surface area is 146 Å². The van der Waals surface area contributed by atoms with E-state index in [0.717, 1.165) is 0 Å². The molecule has 1 rings (SSSR count). The number of hydrogen-bond acceptors (Lipinski definition) is 1. The highest BCUT2D eigenvalue weighted by Gasteiger charge is 2.79. The SMILES string of the molecule is Fc1nc(C(F)(C(F)(F)F)C(F)(F)F)c(F)c(C(F)(C(F)(F)F)C(F)(F)F)c1F. The van der Waals surface area contributed by atoms with Crippen LogP contribution in [0, 0.1) is 17.6 Å². The molecule has 0 aliphatic heterocycles. The molecule has 0 spiro atoms. The summed E-state index contributed by atoms with van der Waals surface area (Å²) in [5.41, 5.74) is -23.1. The predicted octanol–water partition coefficient (Wildman–Crippen LogP) is 6.08. The van der Waals surface area contributed by atoms with Gasteiger partial charge in [0.25, 0.3) is 0 Å². The molecule has 0 fully saturated rings. The lowest BCUT2D eigenvalue weighted by Crippen LogP contribution is -2.54. The third kappa shape index (κ3) is 3.43. The molecule has 18 heteroatoms. The minimum absolute atomic E-state index is 1.18. The number of aromatic nitrogens is 1. The number of alkyl halides is 14. The number of nitrogens with zero attached hydrogens (tertiary/aromatic N) is 1. The number of pyridine rings is 1. The minimum Gasteiger partial charge on any atom is -0.218 e. The van der Waals surface area contributed by atoms with E-state index in [4.69, 9.17) is 0 Å². The summed E-state index contributed by atoms with van der Waals surface area (Å²) in [4.78, 5) is 1.18. The molecule has 1 heterocycles. The Hall–Kier alpha value is -2.04. The van der Waals surface area contributed by atoms with Gasteiger partial charge in [-0.05, 0) is 0 Å². The van der Waals surface area contributed by atoms with E-state index in [9.17, 15) is 74.6 Å². The van der Waals surface area contributed by atoms with Crippen LogP contribution < -0.4 is 0 Å². The van der Waals surface area contributed by atoms with Gasteiger partial charge in [0.05, 0.1) is 5.56 Å². The van der Waals surface area contributed by atoms with Gasteiger partial charge >= 0.3 is 36.0 Å². The van der Waals surface area contributed by atoms with Gasteiger partial charge in [-0.2, -0.15) is 57.1 Å². The predicted molar refractivity (Wildman–Crippen MR) is 53.9 cm³/mol. The second-order valence-electron chi connectivity index (χ2n) is 5.06. The van der Waals surface area contributed by atoms with Crippen LogP contribution in [-0.2, 0) is 11.3 Å². The van der Waals surface area contributed by atoms with Crippen molar-refractivity contribution >= 4 is 0 Å². The van der Waals surface area contributed by atoms with E-state index in [2.05, 4.69) is 0 Å². The molecule has 0 atom stereocenters. The first-order chi connectivity index (χ1) is 12.5. The Morgan fingerprint density at radius 2 is 0.759 bits per heavy atom. The molecule has 29 heavy (non-hydrogen) atoms. The molecule has 0 aliphatic rings. The standard InChI is InChI=1S/C11F17N/c12-2-1(6(15,8(17,18)19)9(20,21)22)3(13)5(14)29-4(2)7(16,10(23,24)25)11(26,27)28. The van der Waals surface area contributed by atoms with Gasteiger partial charge in [0.2, 0.25) is 5.95 Å². The van der Waals surface area contributed by atoms with Gasteiger partial charge in [-0.3, -0.25) is 0 Å². The highest BCUT2D eigenvalue weighted by molar-refractivity contribution is 5.35. The molecule has 0 saturated heterocycles. The summed E-state index contributed by atoms with van der Waals surface area (Å²) in [6.07, 6.45) is -29.9. The van der Waals surface area contributed by atoms with Gasteiger partial charge in [-0.1, -0.05) is 0 Å². The minimum atomic E-state index is -7.51. The zero-order valence-electron chi connectivity index (χ0n) is 12.4. The molecule has 168 valence electrons. The Morgan fingerprint density at radius 1 is 0.448 bits per heavy atom. The van der Waals surface area contributed by atoms with E-state index in [0.29, 0.717) is 0 Å². The van der Waals surface area contributed by atoms with Gasteiger partial charge in [-0.25, -0.2) is 22.5 Å². The summed E-state index contributed by atoms with van der Waals surface area (Å²) in [6, 6.07) is 0. The van der Waals surface area contributed by atoms with Gasteiger partial charge in [0.1, 0.15) is 5.69 Å². The first kappa shape index (κ1) is 25.0. The van der Waals surface area contributed by atoms with Crippen LogP contribution >= 0.6 is 0 Å². The summed E-state index contributed by atoms with van der Waals surface area (Å²) in [5, 5.41) is 0. The zero-order chi connectivity index (χ0) is 23.6. The van der Waals surface area contributed by atoms with Crippen LogP contribution in [-0.4, -0.2) is 29.7 Å². The van der Waals surface area contributed by atoms with Crippen molar-refractivity contribution in [3.8, 4) is 0 Å². The Kier molecular flexibility index (Phi) is 5.59. The smallest absolute Gasteiger partial charge is 0.218 e. The van der Waals surface area contributed by atoms with Crippen molar-refractivity contribution in [2.24, 2.45) is 0 Å². The average molecular weight is 469 g/mol. The normalized spacial score (nSPS) is 15.1. The van der Waals surface area contributed by atoms with Crippen LogP contribution in [0.15, 0.2) is 0 Å². The molecule has 0 aliphatic carbocycles. The molecule has 0 aromatic carbocycles. The molecular weight excluding hydrogens is 469 g/mol. The summed E-state index contributed by atoms with van der Waals surface area (Å²) < 4.78 is 219. The lowest BCUT2D eigenvalue weighted by molar-refractivity contribution is -0.353. The maximum absolute atomic E-state index is 13.9. The monoisotopic (exact) mass is 469 g/mol. The lowest BCUT2D eigenvalue weighted by Gasteiger charge is -2.33. The first-order valence-corrected chi connectivity index (χ1v) is 6.16. The fraction of sp³-hybridized carbons (Fsp3) is 0.545. The van der Waals surface area contributed by atoms with Crippen molar-refractivity contribution in [1.82, 2.24) is 4.98 Å². The summed E-state index contributed by atoms with van der Waals surface area (Å²) in [5.74, 6) is -11.9. The third-order valence-electron chi connectivity index (χ3n) is 3.27. The highest BCUT2D eigenvalue weighted by atomic mass is 19.4. The number of halogens is 17. The average Bonchev–Trinajstić information content (AvgIpc) is 2.45. The van der Waals surface area contributed by atoms with E-state index in [1.807, 2.05) is 0 Å². The van der Waals surface area contributed by atoms with Crippen molar-refractivity contribution in [2.45, 2.75) is 36.0 Å². The fourth-order valence-corrected chi connectivity index (χ4v) is 1.92. The van der Waals surface area contributed by atoms with Crippen molar-refractivity contribution in [3.05, 3.63) is 28.8 Å². The van der Waals surface area contributed by atoms with Crippen molar-refractivity contribution in [3.63, 3.8) is 0 Å². The lowest BCUT2D eigenvalue weighted by atomic mass is 9.89. The van der Waals surface area contributed by atoms with Crippen molar-refractivity contribution in [2.75, 3.05) is 0 Å². The maximum atomic E-state index is 13.9. The van der Waals surface area contributed by atoms with Gasteiger partial charge in [0, 0.05) is 0 Å². The largest absolute Gasteiger partial charge is 0.437 e. The van der Waals surface area contributed by atoms with Gasteiger partial charge in [0.15, 0.2) is 11.6 Å². The van der Waals surface area contributed by atoms with Crippen LogP contribution in [0.3, 0.4) is 0 Å². The van der Waals surface area contributed by atoms with E-state index >= 15 is 0 Å². The summed E-state index contributed by atoms with van der Waals surface area (Å²) in [7, 11) is 0. The highest BCUT2D eigenvalue weighted by Crippen LogP contribution is 2.58. The van der Waals surface area contributed by atoms with E-state index < -0.39 is 64.9 Å². The van der Waals surface area contributed by atoms with Gasteiger partial charge in [-0.15, -0.1) is 0 Å². The third-order valence-corrected chi connectivity index (χ3v) is 3.27. The molecule has 0 bridgehead atoms. The molecule has 0 amide bonds. The summed E-state index contributed by atoms with van der Waals surface area (Å²) >= 11 is 0. The van der Waals surface area contributed by atoms with Crippen LogP contribution in [0.1, 0.15) is 11.3 Å². The second kappa shape index (κ2) is 6.48. The number of rotatable bonds is 2. The quantitative estimate of drug-likeness (QED) is 0.378. The molecule has 0 radical (unpaired) electrons. The first-order valence-electron chi connectivity index (χ1n) is 6.16. The molecule has 1 aromatic rings. The Morgan fingerprint density at radius 3 is 1.03 bits per heavy atom. The second-order valence-corrected chi connectivity index (χ2v) is 5.06. The van der Waals surface area contributed by atoms with Crippen LogP contribution in [0.25, 0.3) is 0 Å². The van der Waals surface area contributed by atoms with Crippen LogP contribution in [0.2, 0.25) is 0 Å². The Balaban J connectivity index is 4.26. The summed E-state index contributed by atoms with van der Waals surface area (Å²) in [6.45, 7) is 0. The molecular formula is C11F17N. The van der Waals surface area contributed by atoms with Crippen LogP contribution in [0.5, 0.6) is 0 Å². The molecule has 0 unspecified atom stereocenters.